The summed E-state index contributed by atoms with van der Waals surface area (Å²) < 4.78 is 1.15. The Bertz CT molecular complexity index is 110. The second-order valence-corrected chi connectivity index (χ2v) is 4.23. The summed E-state index contributed by atoms with van der Waals surface area (Å²) >= 11 is 0. The van der Waals surface area contributed by atoms with Crippen molar-refractivity contribution in [3.63, 3.8) is 0 Å². The summed E-state index contributed by atoms with van der Waals surface area (Å²) in [4.78, 5) is 2.37. The van der Waals surface area contributed by atoms with Crippen LogP contribution >= 0.6 is 0 Å². The minimum absolute atomic E-state index is 1.15. The Morgan fingerprint density at radius 3 is 2.17 bits per heavy atom. The highest BCUT2D eigenvalue weighted by Gasteiger charge is 2.10. The van der Waals surface area contributed by atoms with Crippen molar-refractivity contribution in [2.75, 3.05) is 47.3 Å². The van der Waals surface area contributed by atoms with Gasteiger partial charge in [0.2, 0.25) is 0 Å². The number of rotatable bonds is 6. The van der Waals surface area contributed by atoms with Crippen LogP contribution in [0.1, 0.15) is 20.3 Å². The van der Waals surface area contributed by atoms with E-state index < -0.39 is 0 Å². The molecule has 2 heteroatoms. The van der Waals surface area contributed by atoms with Crippen molar-refractivity contribution < 1.29 is 4.48 Å². The second kappa shape index (κ2) is 5.55. The van der Waals surface area contributed by atoms with Crippen molar-refractivity contribution in [1.82, 2.24) is 4.90 Å². The van der Waals surface area contributed by atoms with Crippen LogP contribution in [0.4, 0.5) is 0 Å². The number of hydrogen-bond donors (Lipinski definition) is 0. The van der Waals surface area contributed by atoms with Crippen LogP contribution in [-0.2, 0) is 0 Å². The van der Waals surface area contributed by atoms with Crippen LogP contribution in [-0.4, -0.2) is 56.7 Å². The van der Waals surface area contributed by atoms with Crippen LogP contribution in [0.25, 0.3) is 0 Å². The van der Waals surface area contributed by atoms with Gasteiger partial charge >= 0.3 is 0 Å². The fraction of sp³-hybridized carbons (Fsp3) is 1.00. The zero-order chi connectivity index (χ0) is 9.61. The lowest BCUT2D eigenvalue weighted by Crippen LogP contribution is -2.41. The predicted octanol–water partition coefficient (Wildman–Crippen LogP) is 1.42. The Hall–Kier alpha value is -0.0800. The first-order chi connectivity index (χ1) is 5.52. The fourth-order valence-corrected chi connectivity index (χ4v) is 1.08. The number of nitrogens with zero attached hydrogens (tertiary/aromatic N) is 2. The van der Waals surface area contributed by atoms with E-state index >= 15 is 0 Å². The third-order valence-electron chi connectivity index (χ3n) is 2.70. The largest absolute Gasteiger partial charge is 0.329 e. The molecule has 0 bridgehead atoms. The Kier molecular flexibility index (Phi) is 5.51. The van der Waals surface area contributed by atoms with Crippen LogP contribution in [0.15, 0.2) is 0 Å². The lowest BCUT2D eigenvalue weighted by Gasteiger charge is -2.28. The van der Waals surface area contributed by atoms with E-state index in [1.54, 1.807) is 0 Å². The van der Waals surface area contributed by atoms with Gasteiger partial charge < -0.3 is 9.38 Å². The average molecular weight is 173 g/mol. The molecule has 0 radical (unpaired) electrons. The van der Waals surface area contributed by atoms with E-state index in [0.717, 1.165) is 4.48 Å². The van der Waals surface area contributed by atoms with E-state index in [1.807, 2.05) is 0 Å². The molecule has 0 atom stereocenters. The Balaban J connectivity index is 3.42. The topological polar surface area (TPSA) is 3.24 Å². The summed E-state index contributed by atoms with van der Waals surface area (Å²) in [5.74, 6) is 0. The highest BCUT2D eigenvalue weighted by Crippen LogP contribution is 1.98. The molecule has 0 aromatic rings. The highest BCUT2D eigenvalue weighted by molar-refractivity contribution is 4.46. The first-order valence-corrected chi connectivity index (χ1v) is 5.02. The summed E-state index contributed by atoms with van der Waals surface area (Å²) in [7, 11) is 6.78. The summed E-state index contributed by atoms with van der Waals surface area (Å²) in [5.41, 5.74) is 0. The van der Waals surface area contributed by atoms with Gasteiger partial charge in [0, 0.05) is 13.0 Å². The minimum Gasteiger partial charge on any atom is -0.329 e. The Morgan fingerprint density at radius 1 is 1.17 bits per heavy atom. The van der Waals surface area contributed by atoms with Crippen molar-refractivity contribution in [1.29, 1.82) is 0 Å². The maximum absolute atomic E-state index is 2.37. The van der Waals surface area contributed by atoms with Crippen molar-refractivity contribution >= 4 is 0 Å². The molecule has 0 rings (SSSR count). The molecule has 12 heavy (non-hydrogen) atoms. The number of hydrogen-bond acceptors (Lipinski definition) is 1. The molecule has 0 unspecified atom stereocenters. The van der Waals surface area contributed by atoms with E-state index in [4.69, 9.17) is 0 Å². The van der Waals surface area contributed by atoms with Gasteiger partial charge in [-0.3, -0.25) is 0 Å². The van der Waals surface area contributed by atoms with E-state index in [2.05, 4.69) is 39.9 Å². The maximum Gasteiger partial charge on any atom is 0.0794 e. The SMILES string of the molecule is CCN(C)CCC[N+](C)(C)CC. The van der Waals surface area contributed by atoms with Gasteiger partial charge in [0.1, 0.15) is 0 Å². The molecule has 0 aromatic heterocycles. The molecule has 0 amide bonds. The van der Waals surface area contributed by atoms with Gasteiger partial charge in [-0.05, 0) is 20.5 Å². The van der Waals surface area contributed by atoms with Crippen LogP contribution in [0.3, 0.4) is 0 Å². The number of quaternary nitrogens is 1. The van der Waals surface area contributed by atoms with E-state index in [-0.39, 0.29) is 0 Å². The molecule has 0 aromatic carbocycles. The van der Waals surface area contributed by atoms with Gasteiger partial charge in [0.05, 0.1) is 27.2 Å². The van der Waals surface area contributed by atoms with E-state index in [9.17, 15) is 0 Å². The monoisotopic (exact) mass is 173 g/mol. The molecule has 0 fully saturated rings. The van der Waals surface area contributed by atoms with Crippen LogP contribution in [0, 0.1) is 0 Å². The lowest BCUT2D eigenvalue weighted by molar-refractivity contribution is -0.888. The van der Waals surface area contributed by atoms with E-state index in [1.165, 1.54) is 32.6 Å². The van der Waals surface area contributed by atoms with Gasteiger partial charge in [0.15, 0.2) is 0 Å². The third-order valence-corrected chi connectivity index (χ3v) is 2.70. The zero-order valence-corrected chi connectivity index (χ0v) is 9.43. The van der Waals surface area contributed by atoms with Gasteiger partial charge in [-0.1, -0.05) is 6.92 Å². The summed E-state index contributed by atoms with van der Waals surface area (Å²) in [6.45, 7) is 9.39. The quantitative estimate of drug-likeness (QED) is 0.549. The zero-order valence-electron chi connectivity index (χ0n) is 9.43. The predicted molar refractivity (Wildman–Crippen MR) is 55.3 cm³/mol. The maximum atomic E-state index is 2.37. The fourth-order valence-electron chi connectivity index (χ4n) is 1.08. The molecule has 0 heterocycles. The third kappa shape index (κ3) is 5.56. The molecule has 0 aliphatic rings. The van der Waals surface area contributed by atoms with Gasteiger partial charge in [-0.2, -0.15) is 0 Å². The molecule has 0 saturated heterocycles. The van der Waals surface area contributed by atoms with Gasteiger partial charge in [-0.15, -0.1) is 0 Å². The second-order valence-electron chi connectivity index (χ2n) is 4.23. The molecule has 2 nitrogen and oxygen atoms in total. The summed E-state index contributed by atoms with van der Waals surface area (Å²) in [6, 6.07) is 0. The van der Waals surface area contributed by atoms with Gasteiger partial charge in [-0.25, -0.2) is 0 Å². The van der Waals surface area contributed by atoms with Crippen LogP contribution in [0.5, 0.6) is 0 Å². The highest BCUT2D eigenvalue weighted by atomic mass is 15.3. The van der Waals surface area contributed by atoms with Gasteiger partial charge in [0.25, 0.3) is 0 Å². The van der Waals surface area contributed by atoms with Crippen molar-refractivity contribution in [3.8, 4) is 0 Å². The Labute approximate surface area is 77.8 Å². The lowest BCUT2D eigenvalue weighted by atomic mass is 10.3. The molecular formula is C10H25N2+. The first-order valence-electron chi connectivity index (χ1n) is 5.02. The molecule has 0 aliphatic carbocycles. The van der Waals surface area contributed by atoms with Crippen LogP contribution in [0.2, 0.25) is 0 Å². The van der Waals surface area contributed by atoms with Crippen molar-refractivity contribution in [2.24, 2.45) is 0 Å². The molecule has 0 spiro atoms. The first kappa shape index (κ1) is 11.9. The minimum atomic E-state index is 1.15. The summed E-state index contributed by atoms with van der Waals surface area (Å²) in [5, 5.41) is 0. The normalized spacial score (nSPS) is 12.5. The average Bonchev–Trinajstić information content (AvgIpc) is 2.04. The van der Waals surface area contributed by atoms with Crippen LogP contribution < -0.4 is 0 Å². The Morgan fingerprint density at radius 2 is 1.75 bits per heavy atom. The molecular weight excluding hydrogens is 148 g/mol. The molecule has 0 N–H and O–H groups in total. The van der Waals surface area contributed by atoms with Crippen molar-refractivity contribution in [2.45, 2.75) is 20.3 Å². The van der Waals surface area contributed by atoms with E-state index in [0.29, 0.717) is 0 Å². The molecule has 0 saturated carbocycles. The molecule has 0 aliphatic heterocycles. The standard InChI is InChI=1S/C10H25N2/c1-6-11(3)9-8-10-12(4,5)7-2/h6-10H2,1-5H3/q+1. The van der Waals surface area contributed by atoms with Crippen molar-refractivity contribution in [3.05, 3.63) is 0 Å². The summed E-state index contributed by atoms with van der Waals surface area (Å²) in [6.07, 6.45) is 1.31. The smallest absolute Gasteiger partial charge is 0.0794 e. The molecule has 74 valence electrons.